The summed E-state index contributed by atoms with van der Waals surface area (Å²) in [5.41, 5.74) is 0. The molecular formula is C43H83NO12S. The van der Waals surface area contributed by atoms with Gasteiger partial charge in [0.2, 0.25) is 5.91 Å². The molecule has 13 nitrogen and oxygen atoms in total. The van der Waals surface area contributed by atoms with Crippen molar-refractivity contribution in [2.45, 2.75) is 243 Å². The molecule has 1 amide bonds. The third-order valence-electron chi connectivity index (χ3n) is 10.9. The maximum Gasteiger partial charge on any atom is 0.397 e. The van der Waals surface area contributed by atoms with Gasteiger partial charge in [-0.05, 0) is 19.3 Å². The van der Waals surface area contributed by atoms with Crippen LogP contribution in [0.2, 0.25) is 0 Å². The lowest BCUT2D eigenvalue weighted by Crippen LogP contribution is -2.61. The Balaban J connectivity index is 2.61. The monoisotopic (exact) mass is 838 g/mol. The van der Waals surface area contributed by atoms with E-state index in [1.54, 1.807) is 0 Å². The molecule has 0 aromatic carbocycles. The fraction of sp³-hybridized carbons (Fsp3) is 0.930. The van der Waals surface area contributed by atoms with Gasteiger partial charge in [0.05, 0.1) is 25.4 Å². The second-order valence-corrected chi connectivity index (χ2v) is 17.2. The van der Waals surface area contributed by atoms with Crippen LogP contribution in [0.1, 0.15) is 194 Å². The molecule has 0 saturated carbocycles. The molecule has 1 aliphatic heterocycles. The molecule has 1 fully saturated rings. The summed E-state index contributed by atoms with van der Waals surface area (Å²) in [7, 11) is -5.11. The number of aliphatic hydroxyl groups is 5. The van der Waals surface area contributed by atoms with E-state index in [4.69, 9.17) is 14.0 Å². The molecule has 57 heavy (non-hydrogen) atoms. The van der Waals surface area contributed by atoms with Crippen LogP contribution < -0.4 is 5.32 Å². The van der Waals surface area contributed by atoms with E-state index in [1.807, 2.05) is 6.08 Å². The summed E-state index contributed by atoms with van der Waals surface area (Å²) in [5.74, 6) is -0.701. The van der Waals surface area contributed by atoms with Gasteiger partial charge < -0.3 is 40.3 Å². The molecule has 1 rings (SSSR count). The van der Waals surface area contributed by atoms with Gasteiger partial charge in [0, 0.05) is 0 Å². The highest BCUT2D eigenvalue weighted by Crippen LogP contribution is 2.26. The van der Waals surface area contributed by atoms with Crippen LogP contribution in [0.3, 0.4) is 0 Å². The molecule has 0 aliphatic carbocycles. The second kappa shape index (κ2) is 34.5. The van der Waals surface area contributed by atoms with Crippen molar-refractivity contribution in [2.75, 3.05) is 13.2 Å². The summed E-state index contributed by atoms with van der Waals surface area (Å²) in [6.07, 6.45) is 24.4. The molecule has 0 radical (unpaired) electrons. The predicted molar refractivity (Wildman–Crippen MR) is 224 cm³/mol. The number of allylic oxidation sites excluding steroid dienone is 1. The number of carbonyl (C=O) groups is 1. The molecule has 8 unspecified atom stereocenters. The Morgan fingerprint density at radius 2 is 1.14 bits per heavy atom. The van der Waals surface area contributed by atoms with Crippen molar-refractivity contribution in [1.29, 1.82) is 0 Å². The number of rotatable bonds is 38. The number of hydrogen-bond acceptors (Lipinski definition) is 11. The van der Waals surface area contributed by atoms with Gasteiger partial charge in [0.25, 0.3) is 0 Å². The second-order valence-electron chi connectivity index (χ2n) is 16.1. The fourth-order valence-corrected chi connectivity index (χ4v) is 7.79. The standard InChI is InChI=1S/C43H83NO12S/c1-3-5-7-9-11-13-15-17-18-19-20-22-23-25-27-29-31-36(46)35(34-54-43-40(49)41(56-57(51,52)53)39(48)38(33-45)55-43)44-42(50)37(47)32-30-28-26-24-21-16-14-12-10-8-6-4-2/h29,31,35-41,43,45-49H,3-28,30,32-34H2,1-2H3,(H,44,50)(H,51,52,53)/b31-29+. The number of carbonyl (C=O) groups excluding carboxylic acids is 1. The fourth-order valence-electron chi connectivity index (χ4n) is 7.28. The Morgan fingerprint density at radius 3 is 1.58 bits per heavy atom. The third kappa shape index (κ3) is 27.3. The first-order valence-corrected chi connectivity index (χ1v) is 24.0. The summed E-state index contributed by atoms with van der Waals surface area (Å²) < 4.78 is 47.4. The Kier molecular flexibility index (Phi) is 32.6. The van der Waals surface area contributed by atoms with Crippen LogP contribution in [-0.2, 0) is 28.9 Å². The first kappa shape index (κ1) is 53.8. The SMILES string of the molecule is CCCCCCCCCCCCCCCC/C=C/C(O)C(COC1OC(CO)C(O)C(OS(=O)(=O)O)C1O)NC(=O)C(O)CCCCCCCCCCCCCC. The van der Waals surface area contributed by atoms with Crippen molar-refractivity contribution >= 4 is 16.3 Å². The quantitative estimate of drug-likeness (QED) is 0.0185. The molecule has 338 valence electrons. The van der Waals surface area contributed by atoms with Crippen LogP contribution in [0.15, 0.2) is 12.2 Å². The van der Waals surface area contributed by atoms with Gasteiger partial charge in [0.1, 0.15) is 30.5 Å². The number of hydrogen-bond donors (Lipinski definition) is 7. The number of amides is 1. The van der Waals surface area contributed by atoms with Crippen LogP contribution >= 0.6 is 0 Å². The van der Waals surface area contributed by atoms with Gasteiger partial charge in [-0.25, -0.2) is 4.18 Å². The zero-order chi connectivity index (χ0) is 42.2. The summed E-state index contributed by atoms with van der Waals surface area (Å²) in [6.45, 7) is 3.21. The predicted octanol–water partition coefficient (Wildman–Crippen LogP) is 7.36. The van der Waals surface area contributed by atoms with Crippen molar-refractivity contribution < 1.29 is 57.0 Å². The molecule has 0 spiro atoms. The molecule has 0 bridgehead atoms. The van der Waals surface area contributed by atoms with Crippen molar-refractivity contribution in [3.8, 4) is 0 Å². The lowest BCUT2D eigenvalue weighted by atomic mass is 9.99. The van der Waals surface area contributed by atoms with E-state index in [2.05, 4.69) is 23.3 Å². The molecule has 7 N–H and O–H groups in total. The summed E-state index contributed by atoms with van der Waals surface area (Å²) in [5, 5.41) is 55.1. The van der Waals surface area contributed by atoms with E-state index in [-0.39, 0.29) is 6.42 Å². The highest BCUT2D eigenvalue weighted by atomic mass is 32.3. The van der Waals surface area contributed by atoms with Crippen LogP contribution in [0.4, 0.5) is 0 Å². The van der Waals surface area contributed by atoms with Gasteiger partial charge >= 0.3 is 10.4 Å². The van der Waals surface area contributed by atoms with E-state index in [0.717, 1.165) is 38.5 Å². The minimum atomic E-state index is -5.11. The average Bonchev–Trinajstić information content (AvgIpc) is 3.18. The lowest BCUT2D eigenvalue weighted by Gasteiger charge is -2.41. The normalized spacial score (nSPS) is 21.9. The molecule has 14 heteroatoms. The molecule has 1 aliphatic rings. The topological polar surface area (TPSA) is 212 Å². The number of nitrogens with one attached hydrogen (secondary N) is 1. The maximum atomic E-state index is 13.1. The first-order chi connectivity index (χ1) is 27.4. The van der Waals surface area contributed by atoms with Crippen LogP contribution in [0, 0.1) is 0 Å². The van der Waals surface area contributed by atoms with E-state index >= 15 is 0 Å². The number of unbranched alkanes of at least 4 members (excludes halogenated alkanes) is 25. The van der Waals surface area contributed by atoms with Crippen molar-refractivity contribution in [3.05, 3.63) is 12.2 Å². The van der Waals surface area contributed by atoms with E-state index in [1.165, 1.54) is 128 Å². The third-order valence-corrected chi connectivity index (χ3v) is 11.4. The Labute approximate surface area is 345 Å². The van der Waals surface area contributed by atoms with Gasteiger partial charge in [-0.3, -0.25) is 9.35 Å². The zero-order valence-corrected chi connectivity index (χ0v) is 36.3. The summed E-state index contributed by atoms with van der Waals surface area (Å²) in [6, 6.07) is -1.11. The molecule has 1 heterocycles. The molecule has 0 aromatic heterocycles. The molecule has 0 aromatic rings. The largest absolute Gasteiger partial charge is 0.397 e. The van der Waals surface area contributed by atoms with Gasteiger partial charge in [-0.2, -0.15) is 8.42 Å². The van der Waals surface area contributed by atoms with Crippen molar-refractivity contribution in [1.82, 2.24) is 5.32 Å². The number of aliphatic hydroxyl groups excluding tert-OH is 5. The molecule has 8 atom stereocenters. The van der Waals surface area contributed by atoms with Crippen LogP contribution in [0.5, 0.6) is 0 Å². The van der Waals surface area contributed by atoms with Crippen LogP contribution in [0.25, 0.3) is 0 Å². The van der Waals surface area contributed by atoms with Gasteiger partial charge in [-0.15, -0.1) is 0 Å². The highest BCUT2D eigenvalue weighted by molar-refractivity contribution is 7.80. The highest BCUT2D eigenvalue weighted by Gasteiger charge is 2.48. The number of ether oxygens (including phenoxy) is 2. The minimum Gasteiger partial charge on any atom is -0.394 e. The maximum absolute atomic E-state index is 13.1. The minimum absolute atomic E-state index is 0.247. The Morgan fingerprint density at radius 1 is 0.702 bits per heavy atom. The molecular weight excluding hydrogens is 755 g/mol. The lowest BCUT2D eigenvalue weighted by molar-refractivity contribution is -0.298. The van der Waals surface area contributed by atoms with E-state index < -0.39 is 78.5 Å². The Hall–Kier alpha value is -1.20. The Bertz CT molecular complexity index is 1100. The first-order valence-electron chi connectivity index (χ1n) is 22.7. The van der Waals surface area contributed by atoms with E-state index in [0.29, 0.717) is 12.8 Å². The van der Waals surface area contributed by atoms with Gasteiger partial charge in [-0.1, -0.05) is 187 Å². The molecule has 1 saturated heterocycles. The van der Waals surface area contributed by atoms with Crippen molar-refractivity contribution in [2.24, 2.45) is 0 Å². The zero-order valence-electron chi connectivity index (χ0n) is 35.5. The summed E-state index contributed by atoms with van der Waals surface area (Å²) in [4.78, 5) is 13.1. The van der Waals surface area contributed by atoms with Crippen molar-refractivity contribution in [3.63, 3.8) is 0 Å². The summed E-state index contributed by atoms with van der Waals surface area (Å²) >= 11 is 0. The van der Waals surface area contributed by atoms with Gasteiger partial charge in [0.15, 0.2) is 6.29 Å². The van der Waals surface area contributed by atoms with E-state index in [9.17, 15) is 38.7 Å². The van der Waals surface area contributed by atoms with Crippen LogP contribution in [-0.4, -0.2) is 107 Å². The average molecular weight is 838 g/mol. The smallest absolute Gasteiger partial charge is 0.394 e.